The summed E-state index contributed by atoms with van der Waals surface area (Å²) >= 11 is 0. The molecular weight excluding hydrogens is 366 g/mol. The summed E-state index contributed by atoms with van der Waals surface area (Å²) in [6.45, 7) is 2.56. The second kappa shape index (κ2) is 8.99. The first-order chi connectivity index (χ1) is 14.2. The molecule has 0 bridgehead atoms. The molecule has 1 aromatic heterocycles. The van der Waals surface area contributed by atoms with Crippen LogP contribution in [-0.4, -0.2) is 42.7 Å². The van der Waals surface area contributed by atoms with Crippen LogP contribution in [0.25, 0.3) is 0 Å². The molecule has 6 nitrogen and oxygen atoms in total. The maximum absolute atomic E-state index is 5.61. The monoisotopic (exact) mass is 397 g/mol. The molecule has 1 aliphatic heterocycles. The summed E-state index contributed by atoms with van der Waals surface area (Å²) < 4.78 is 16.6. The number of nitrogens with zero attached hydrogens (tertiary/aromatic N) is 3. The zero-order chi connectivity index (χ0) is 20.2. The Labute approximate surface area is 173 Å². The van der Waals surface area contributed by atoms with Gasteiger partial charge in [-0.1, -0.05) is 19.3 Å². The quantitative estimate of drug-likeness (QED) is 0.731. The van der Waals surface area contributed by atoms with Crippen LogP contribution >= 0.6 is 0 Å². The van der Waals surface area contributed by atoms with E-state index >= 15 is 0 Å². The molecule has 2 aromatic rings. The summed E-state index contributed by atoms with van der Waals surface area (Å²) in [6.07, 6.45) is 9.47. The van der Waals surface area contributed by atoms with Gasteiger partial charge in [0, 0.05) is 61.6 Å². The van der Waals surface area contributed by atoms with Crippen molar-refractivity contribution in [2.24, 2.45) is 0 Å². The SMILES string of the molecule is COc1cc(OC)c(CN2CCc3nc(C4CCCCC4)ncc3C2)c(OC)c1. The molecule has 0 radical (unpaired) electrons. The first-order valence-corrected chi connectivity index (χ1v) is 10.6. The fraction of sp³-hybridized carbons (Fsp3) is 0.565. The van der Waals surface area contributed by atoms with Crippen LogP contribution in [0.2, 0.25) is 0 Å². The van der Waals surface area contributed by atoms with E-state index in [0.29, 0.717) is 5.92 Å². The number of hydrogen-bond donors (Lipinski definition) is 0. The highest BCUT2D eigenvalue weighted by Crippen LogP contribution is 2.36. The van der Waals surface area contributed by atoms with Crippen molar-refractivity contribution < 1.29 is 14.2 Å². The second-order valence-corrected chi connectivity index (χ2v) is 8.01. The van der Waals surface area contributed by atoms with Gasteiger partial charge in [0.05, 0.1) is 26.9 Å². The largest absolute Gasteiger partial charge is 0.496 e. The highest BCUT2D eigenvalue weighted by atomic mass is 16.5. The molecule has 0 spiro atoms. The van der Waals surface area contributed by atoms with Crippen molar-refractivity contribution in [3.05, 3.63) is 41.0 Å². The van der Waals surface area contributed by atoms with E-state index in [1.807, 2.05) is 12.1 Å². The van der Waals surface area contributed by atoms with Gasteiger partial charge in [-0.2, -0.15) is 0 Å². The van der Waals surface area contributed by atoms with Crippen molar-refractivity contribution in [1.29, 1.82) is 0 Å². The van der Waals surface area contributed by atoms with Crippen LogP contribution in [0.15, 0.2) is 18.3 Å². The van der Waals surface area contributed by atoms with E-state index in [2.05, 4.69) is 11.1 Å². The molecule has 1 aromatic carbocycles. The number of methoxy groups -OCH3 is 3. The third-order valence-corrected chi connectivity index (χ3v) is 6.20. The van der Waals surface area contributed by atoms with Crippen molar-refractivity contribution in [3.8, 4) is 17.2 Å². The number of hydrogen-bond acceptors (Lipinski definition) is 6. The summed E-state index contributed by atoms with van der Waals surface area (Å²) in [5, 5.41) is 0. The number of fused-ring (bicyclic) bond motifs is 1. The second-order valence-electron chi connectivity index (χ2n) is 8.01. The molecule has 0 amide bonds. The highest BCUT2D eigenvalue weighted by Gasteiger charge is 2.24. The van der Waals surface area contributed by atoms with E-state index in [1.54, 1.807) is 21.3 Å². The van der Waals surface area contributed by atoms with E-state index in [0.717, 1.165) is 54.7 Å². The maximum atomic E-state index is 5.61. The topological polar surface area (TPSA) is 56.7 Å². The maximum Gasteiger partial charge on any atom is 0.131 e. The van der Waals surface area contributed by atoms with Crippen LogP contribution in [0.3, 0.4) is 0 Å². The number of aromatic nitrogens is 2. The normalized spacial score (nSPS) is 17.6. The van der Waals surface area contributed by atoms with Gasteiger partial charge in [-0.15, -0.1) is 0 Å². The number of rotatable bonds is 6. The van der Waals surface area contributed by atoms with Crippen LogP contribution < -0.4 is 14.2 Å². The summed E-state index contributed by atoms with van der Waals surface area (Å²) in [4.78, 5) is 12.1. The Morgan fingerprint density at radius 1 is 1.00 bits per heavy atom. The molecule has 156 valence electrons. The lowest BCUT2D eigenvalue weighted by Gasteiger charge is -2.30. The third-order valence-electron chi connectivity index (χ3n) is 6.20. The lowest BCUT2D eigenvalue weighted by Crippen LogP contribution is -2.31. The summed E-state index contributed by atoms with van der Waals surface area (Å²) in [7, 11) is 5.02. The summed E-state index contributed by atoms with van der Waals surface area (Å²) in [5.74, 6) is 3.93. The molecule has 0 saturated heterocycles. The first-order valence-electron chi connectivity index (χ1n) is 10.6. The minimum atomic E-state index is 0.555. The highest BCUT2D eigenvalue weighted by molar-refractivity contribution is 5.50. The Morgan fingerprint density at radius 2 is 1.72 bits per heavy atom. The van der Waals surface area contributed by atoms with Crippen molar-refractivity contribution in [2.75, 3.05) is 27.9 Å². The minimum absolute atomic E-state index is 0.555. The molecule has 2 heterocycles. The summed E-state index contributed by atoms with van der Waals surface area (Å²) in [5.41, 5.74) is 3.51. The van der Waals surface area contributed by atoms with Gasteiger partial charge in [0.2, 0.25) is 0 Å². The first kappa shape index (κ1) is 20.0. The number of benzene rings is 1. The van der Waals surface area contributed by atoms with Gasteiger partial charge in [-0.05, 0) is 12.8 Å². The van der Waals surface area contributed by atoms with Crippen LogP contribution in [-0.2, 0) is 19.5 Å². The lowest BCUT2D eigenvalue weighted by molar-refractivity contribution is 0.234. The van der Waals surface area contributed by atoms with Gasteiger partial charge in [0.15, 0.2) is 0 Å². The Kier molecular flexibility index (Phi) is 6.19. The van der Waals surface area contributed by atoms with E-state index in [9.17, 15) is 0 Å². The van der Waals surface area contributed by atoms with E-state index in [4.69, 9.17) is 24.2 Å². The van der Waals surface area contributed by atoms with Crippen molar-refractivity contribution in [3.63, 3.8) is 0 Å². The van der Waals surface area contributed by atoms with Crippen LogP contribution in [0.4, 0.5) is 0 Å². The van der Waals surface area contributed by atoms with Gasteiger partial charge in [0.1, 0.15) is 23.1 Å². The molecule has 1 fully saturated rings. The standard InChI is InChI=1S/C23H31N3O3/c1-27-18-11-21(28-2)19(22(12-18)29-3)15-26-10-9-20-17(14-26)13-24-23(25-20)16-7-5-4-6-8-16/h11-13,16H,4-10,14-15H2,1-3H3. The number of ether oxygens (including phenoxy) is 3. The van der Waals surface area contributed by atoms with Crippen molar-refractivity contribution in [2.45, 2.75) is 57.5 Å². The zero-order valence-electron chi connectivity index (χ0n) is 17.7. The van der Waals surface area contributed by atoms with E-state index in [-0.39, 0.29) is 0 Å². The van der Waals surface area contributed by atoms with Crippen molar-refractivity contribution >= 4 is 0 Å². The Morgan fingerprint density at radius 3 is 2.38 bits per heavy atom. The molecule has 29 heavy (non-hydrogen) atoms. The Balaban J connectivity index is 1.51. The molecule has 0 atom stereocenters. The average Bonchev–Trinajstić information content (AvgIpc) is 2.79. The van der Waals surface area contributed by atoms with Crippen LogP contribution in [0.1, 0.15) is 60.7 Å². The zero-order valence-corrected chi connectivity index (χ0v) is 17.7. The van der Waals surface area contributed by atoms with Gasteiger partial charge < -0.3 is 14.2 Å². The Bertz CT molecular complexity index is 824. The summed E-state index contributed by atoms with van der Waals surface area (Å²) in [6, 6.07) is 3.82. The third kappa shape index (κ3) is 4.32. The van der Waals surface area contributed by atoms with Gasteiger partial charge in [-0.3, -0.25) is 4.90 Å². The molecule has 0 N–H and O–H groups in total. The fourth-order valence-corrected chi connectivity index (χ4v) is 4.54. The molecule has 2 aliphatic rings. The Hall–Kier alpha value is -2.34. The molecular formula is C23H31N3O3. The predicted octanol–water partition coefficient (Wildman–Crippen LogP) is 4.11. The average molecular weight is 398 g/mol. The van der Waals surface area contributed by atoms with E-state index < -0.39 is 0 Å². The molecule has 0 unspecified atom stereocenters. The fourth-order valence-electron chi connectivity index (χ4n) is 4.54. The van der Waals surface area contributed by atoms with Crippen molar-refractivity contribution in [1.82, 2.24) is 14.9 Å². The predicted molar refractivity (Wildman–Crippen MR) is 112 cm³/mol. The minimum Gasteiger partial charge on any atom is -0.496 e. The molecule has 6 heteroatoms. The molecule has 1 saturated carbocycles. The smallest absolute Gasteiger partial charge is 0.131 e. The van der Waals surface area contributed by atoms with Crippen LogP contribution in [0.5, 0.6) is 17.2 Å². The van der Waals surface area contributed by atoms with Gasteiger partial charge in [0.25, 0.3) is 0 Å². The van der Waals surface area contributed by atoms with Crippen LogP contribution in [0, 0.1) is 0 Å². The van der Waals surface area contributed by atoms with Gasteiger partial charge in [-0.25, -0.2) is 9.97 Å². The molecule has 1 aliphatic carbocycles. The van der Waals surface area contributed by atoms with Gasteiger partial charge >= 0.3 is 0 Å². The molecule has 4 rings (SSSR count). The van der Waals surface area contributed by atoms with E-state index in [1.165, 1.54) is 43.4 Å². The lowest BCUT2D eigenvalue weighted by atomic mass is 9.88.